The van der Waals surface area contributed by atoms with Crippen molar-refractivity contribution in [2.75, 3.05) is 24.5 Å². The third-order valence-corrected chi connectivity index (χ3v) is 6.05. The Balaban J connectivity index is 1.60. The Bertz CT molecular complexity index is 832. The molecule has 2 N–H and O–H groups in total. The minimum Gasteiger partial charge on any atom is -0.369 e. The molecule has 5 rings (SSSR count). The number of pyridine rings is 1. The molecular weight excluding hydrogens is 306 g/mol. The molecule has 1 atom stereocenters. The zero-order valence-electron chi connectivity index (χ0n) is 12.9. The van der Waals surface area contributed by atoms with Crippen LogP contribution in [0.5, 0.6) is 0 Å². The van der Waals surface area contributed by atoms with Gasteiger partial charge in [-0.25, -0.2) is 9.97 Å². The van der Waals surface area contributed by atoms with Gasteiger partial charge in [0.25, 0.3) is 0 Å². The van der Waals surface area contributed by atoms with Crippen LogP contribution in [0.3, 0.4) is 0 Å². The van der Waals surface area contributed by atoms with Crippen molar-refractivity contribution >= 4 is 28.1 Å². The summed E-state index contributed by atoms with van der Waals surface area (Å²) in [7, 11) is 0. The van der Waals surface area contributed by atoms with Crippen LogP contribution in [-0.4, -0.2) is 40.1 Å². The zero-order valence-corrected chi connectivity index (χ0v) is 13.7. The van der Waals surface area contributed by atoms with E-state index in [1.165, 1.54) is 35.9 Å². The fourth-order valence-corrected chi connectivity index (χ4v) is 4.78. The number of nitrogens with one attached hydrogen (secondary N) is 2. The monoisotopic (exact) mass is 325 g/mol. The summed E-state index contributed by atoms with van der Waals surface area (Å²) in [6, 6.07) is 2.15. The van der Waals surface area contributed by atoms with E-state index in [0.29, 0.717) is 5.54 Å². The van der Waals surface area contributed by atoms with Gasteiger partial charge in [0.05, 0.1) is 11.1 Å². The van der Waals surface area contributed by atoms with E-state index in [9.17, 15) is 0 Å². The lowest BCUT2D eigenvalue weighted by atomic mass is 9.97. The molecule has 1 spiro atoms. The number of aromatic nitrogens is 3. The molecular formula is C17H19N5S. The Morgan fingerprint density at radius 2 is 2.22 bits per heavy atom. The minimum absolute atomic E-state index is 0.327. The van der Waals surface area contributed by atoms with Crippen LogP contribution >= 0.6 is 11.3 Å². The smallest absolute Gasteiger partial charge is 0.140 e. The summed E-state index contributed by atoms with van der Waals surface area (Å²) in [4.78, 5) is 14.8. The first-order valence-electron chi connectivity index (χ1n) is 8.21. The second-order valence-electron chi connectivity index (χ2n) is 6.58. The van der Waals surface area contributed by atoms with E-state index < -0.39 is 0 Å². The lowest BCUT2D eigenvalue weighted by Crippen LogP contribution is -2.42. The summed E-state index contributed by atoms with van der Waals surface area (Å²) in [6.07, 6.45) is 9.64. The summed E-state index contributed by atoms with van der Waals surface area (Å²) < 4.78 is 0. The molecule has 118 valence electrons. The number of thiazole rings is 1. The maximum atomic E-state index is 4.51. The Kier molecular flexibility index (Phi) is 2.96. The maximum Gasteiger partial charge on any atom is 0.140 e. The van der Waals surface area contributed by atoms with Gasteiger partial charge in [-0.1, -0.05) is 0 Å². The standard InChI is InChI=1S/C17H19N5S/c1-3-17(21-5-1)4-8-22(11-17)13-2-6-18-15-14(13)12(10-20-15)16-19-7-9-23-16/h2,6-7,9-10,21H,1,3-5,8,11H2,(H,18,20). The third kappa shape index (κ3) is 2.09. The molecule has 3 aromatic heterocycles. The molecule has 0 aliphatic carbocycles. The average Bonchev–Trinajstić information content (AvgIpc) is 3.36. The summed E-state index contributed by atoms with van der Waals surface area (Å²) in [6.45, 7) is 3.36. The Morgan fingerprint density at radius 1 is 1.22 bits per heavy atom. The molecule has 2 saturated heterocycles. The van der Waals surface area contributed by atoms with Gasteiger partial charge in [0, 0.05) is 48.2 Å². The molecule has 5 nitrogen and oxygen atoms in total. The first-order valence-corrected chi connectivity index (χ1v) is 9.09. The molecule has 5 heterocycles. The van der Waals surface area contributed by atoms with E-state index >= 15 is 0 Å². The van der Waals surface area contributed by atoms with Gasteiger partial charge in [0.2, 0.25) is 0 Å². The topological polar surface area (TPSA) is 56.8 Å². The van der Waals surface area contributed by atoms with E-state index in [4.69, 9.17) is 0 Å². The lowest BCUT2D eigenvalue weighted by Gasteiger charge is -2.25. The predicted molar refractivity (Wildman–Crippen MR) is 94.0 cm³/mol. The number of fused-ring (bicyclic) bond motifs is 1. The first-order chi connectivity index (χ1) is 11.3. The van der Waals surface area contributed by atoms with Gasteiger partial charge >= 0.3 is 0 Å². The van der Waals surface area contributed by atoms with Gasteiger partial charge in [-0.2, -0.15) is 0 Å². The molecule has 2 aliphatic rings. The summed E-state index contributed by atoms with van der Waals surface area (Å²) in [5.41, 5.74) is 3.73. The summed E-state index contributed by atoms with van der Waals surface area (Å²) in [5.74, 6) is 0. The molecule has 0 radical (unpaired) electrons. The second-order valence-corrected chi connectivity index (χ2v) is 7.47. The Hall–Kier alpha value is -1.92. The van der Waals surface area contributed by atoms with Crippen molar-refractivity contribution < 1.29 is 0 Å². The van der Waals surface area contributed by atoms with E-state index in [1.54, 1.807) is 11.3 Å². The quantitative estimate of drug-likeness (QED) is 0.760. The highest BCUT2D eigenvalue weighted by atomic mass is 32.1. The van der Waals surface area contributed by atoms with Crippen LogP contribution in [-0.2, 0) is 0 Å². The zero-order chi connectivity index (χ0) is 15.3. The number of rotatable bonds is 2. The first kappa shape index (κ1) is 13.5. The highest BCUT2D eigenvalue weighted by molar-refractivity contribution is 7.13. The van der Waals surface area contributed by atoms with Crippen LogP contribution < -0.4 is 10.2 Å². The van der Waals surface area contributed by atoms with Crippen LogP contribution in [0.25, 0.3) is 21.6 Å². The minimum atomic E-state index is 0.327. The molecule has 1 unspecified atom stereocenters. The number of anilines is 1. The van der Waals surface area contributed by atoms with E-state index in [-0.39, 0.29) is 0 Å². The Labute approximate surface area is 138 Å². The molecule has 0 aromatic carbocycles. The number of aromatic amines is 1. The van der Waals surface area contributed by atoms with Crippen LogP contribution in [0, 0.1) is 0 Å². The van der Waals surface area contributed by atoms with Crippen LogP contribution in [0.4, 0.5) is 5.69 Å². The highest BCUT2D eigenvalue weighted by Gasteiger charge is 2.40. The highest BCUT2D eigenvalue weighted by Crippen LogP contribution is 2.39. The fraction of sp³-hybridized carbons (Fsp3) is 0.412. The maximum absolute atomic E-state index is 4.51. The molecule has 2 fully saturated rings. The third-order valence-electron chi connectivity index (χ3n) is 5.24. The number of nitrogens with zero attached hydrogens (tertiary/aromatic N) is 3. The van der Waals surface area contributed by atoms with Gasteiger partial charge in [-0.05, 0) is 31.9 Å². The van der Waals surface area contributed by atoms with Crippen molar-refractivity contribution in [2.45, 2.75) is 24.8 Å². The Morgan fingerprint density at radius 3 is 3.04 bits per heavy atom. The van der Waals surface area contributed by atoms with Crippen molar-refractivity contribution in [3.05, 3.63) is 30.0 Å². The number of hydrogen-bond acceptors (Lipinski definition) is 5. The van der Waals surface area contributed by atoms with Crippen LogP contribution in [0.1, 0.15) is 19.3 Å². The number of hydrogen-bond donors (Lipinski definition) is 2. The van der Waals surface area contributed by atoms with Crippen molar-refractivity contribution in [3.8, 4) is 10.6 Å². The molecule has 0 saturated carbocycles. The van der Waals surface area contributed by atoms with Crippen molar-refractivity contribution in [3.63, 3.8) is 0 Å². The van der Waals surface area contributed by atoms with Crippen molar-refractivity contribution in [1.29, 1.82) is 0 Å². The molecule has 0 bridgehead atoms. The van der Waals surface area contributed by atoms with E-state index in [2.05, 4.69) is 31.2 Å². The van der Waals surface area contributed by atoms with Crippen molar-refractivity contribution in [2.24, 2.45) is 0 Å². The van der Waals surface area contributed by atoms with E-state index in [0.717, 1.165) is 30.3 Å². The SMILES string of the molecule is c1csc(-c2c[nH]c3nccc(N4CCC5(CCCN5)C4)c23)n1. The molecule has 2 aliphatic heterocycles. The van der Waals surface area contributed by atoms with E-state index in [1.807, 2.05) is 24.0 Å². The van der Waals surface area contributed by atoms with Crippen LogP contribution in [0.15, 0.2) is 30.0 Å². The molecule has 3 aromatic rings. The van der Waals surface area contributed by atoms with Gasteiger partial charge in [0.15, 0.2) is 0 Å². The van der Waals surface area contributed by atoms with Crippen molar-refractivity contribution in [1.82, 2.24) is 20.3 Å². The predicted octanol–water partition coefficient (Wildman–Crippen LogP) is 3.02. The van der Waals surface area contributed by atoms with Gasteiger partial charge in [0.1, 0.15) is 10.7 Å². The van der Waals surface area contributed by atoms with Gasteiger partial charge in [-0.15, -0.1) is 11.3 Å². The van der Waals surface area contributed by atoms with Gasteiger partial charge < -0.3 is 15.2 Å². The van der Waals surface area contributed by atoms with Crippen LogP contribution in [0.2, 0.25) is 0 Å². The second kappa shape index (κ2) is 5.04. The molecule has 0 amide bonds. The lowest BCUT2D eigenvalue weighted by molar-refractivity contribution is 0.419. The summed E-state index contributed by atoms with van der Waals surface area (Å²) >= 11 is 1.68. The fourth-order valence-electron chi connectivity index (χ4n) is 4.12. The number of H-pyrrole nitrogens is 1. The largest absolute Gasteiger partial charge is 0.369 e. The van der Waals surface area contributed by atoms with Gasteiger partial charge in [-0.3, -0.25) is 0 Å². The molecule has 6 heteroatoms. The summed E-state index contributed by atoms with van der Waals surface area (Å²) in [5, 5.41) is 8.03. The normalized spacial score (nSPS) is 24.3. The average molecular weight is 325 g/mol. The molecule has 23 heavy (non-hydrogen) atoms.